The maximum absolute atomic E-state index is 13.3. The van der Waals surface area contributed by atoms with Crippen LogP contribution in [0.15, 0.2) is 18.2 Å². The molecule has 1 aromatic carbocycles. The average molecular weight is 294 g/mol. The van der Waals surface area contributed by atoms with Crippen molar-refractivity contribution in [3.8, 4) is 11.8 Å². The molecule has 0 bridgehead atoms. The van der Waals surface area contributed by atoms with Crippen molar-refractivity contribution in [1.29, 1.82) is 0 Å². The number of aliphatic hydroxyl groups is 1. The Morgan fingerprint density at radius 1 is 1.24 bits per heavy atom. The highest BCUT2D eigenvalue weighted by molar-refractivity contribution is 5.41. The Bertz CT molecular complexity index is 495. The maximum Gasteiger partial charge on any atom is 0.124 e. The van der Waals surface area contributed by atoms with Gasteiger partial charge in [0.15, 0.2) is 0 Å². The zero-order valence-electron chi connectivity index (χ0n) is 12.9. The van der Waals surface area contributed by atoms with E-state index in [1.807, 2.05) is 20.8 Å². The molecule has 0 fully saturated rings. The Labute approximate surface area is 126 Å². The molecular formula is C17H23FO3. The lowest BCUT2D eigenvalue weighted by Gasteiger charge is -2.19. The van der Waals surface area contributed by atoms with Crippen LogP contribution in [0.5, 0.6) is 0 Å². The molecule has 21 heavy (non-hydrogen) atoms. The van der Waals surface area contributed by atoms with Gasteiger partial charge in [-0.3, -0.25) is 0 Å². The first kappa shape index (κ1) is 17.6. The smallest absolute Gasteiger partial charge is 0.124 e. The van der Waals surface area contributed by atoms with E-state index >= 15 is 0 Å². The molecule has 1 N–H and O–H groups in total. The van der Waals surface area contributed by atoms with Gasteiger partial charge in [0.1, 0.15) is 5.82 Å². The summed E-state index contributed by atoms with van der Waals surface area (Å²) in [4.78, 5) is 0. The molecule has 0 heterocycles. The van der Waals surface area contributed by atoms with Gasteiger partial charge in [-0.15, -0.1) is 0 Å². The molecule has 0 aromatic heterocycles. The van der Waals surface area contributed by atoms with Crippen molar-refractivity contribution in [2.24, 2.45) is 0 Å². The van der Waals surface area contributed by atoms with Crippen molar-refractivity contribution in [3.63, 3.8) is 0 Å². The Morgan fingerprint density at radius 3 is 2.67 bits per heavy atom. The van der Waals surface area contributed by atoms with E-state index in [4.69, 9.17) is 14.6 Å². The molecule has 1 rings (SSSR count). The maximum atomic E-state index is 13.3. The lowest BCUT2D eigenvalue weighted by Crippen LogP contribution is -2.21. The SMILES string of the molecule is CC(C)(C)OCCOCc1ccc(F)cc1C#CCCO. The van der Waals surface area contributed by atoms with E-state index in [-0.39, 0.29) is 18.0 Å². The van der Waals surface area contributed by atoms with E-state index < -0.39 is 0 Å². The van der Waals surface area contributed by atoms with Crippen LogP contribution in [0.1, 0.15) is 38.3 Å². The fourth-order valence-corrected chi connectivity index (χ4v) is 1.59. The van der Waals surface area contributed by atoms with E-state index in [0.29, 0.717) is 31.8 Å². The van der Waals surface area contributed by atoms with Crippen LogP contribution in [-0.2, 0) is 16.1 Å². The molecule has 0 spiro atoms. The van der Waals surface area contributed by atoms with Gasteiger partial charge in [-0.05, 0) is 38.5 Å². The van der Waals surface area contributed by atoms with Gasteiger partial charge in [0.2, 0.25) is 0 Å². The van der Waals surface area contributed by atoms with Gasteiger partial charge >= 0.3 is 0 Å². The molecule has 0 aliphatic heterocycles. The van der Waals surface area contributed by atoms with E-state index in [0.717, 1.165) is 5.56 Å². The summed E-state index contributed by atoms with van der Waals surface area (Å²) in [5.41, 5.74) is 1.25. The standard InChI is InChI=1S/C17H23FO3/c1-17(2,3)21-11-10-20-13-15-7-8-16(18)12-14(15)6-4-5-9-19/h7-8,12,19H,5,9-11,13H2,1-3H3. The molecule has 0 aliphatic rings. The third-order valence-electron chi connectivity index (χ3n) is 2.55. The quantitative estimate of drug-likeness (QED) is 0.647. The molecule has 0 aliphatic carbocycles. The van der Waals surface area contributed by atoms with Crippen molar-refractivity contribution in [2.75, 3.05) is 19.8 Å². The highest BCUT2D eigenvalue weighted by Gasteiger charge is 2.09. The van der Waals surface area contributed by atoms with Gasteiger partial charge in [0.05, 0.1) is 32.0 Å². The minimum Gasteiger partial charge on any atom is -0.395 e. The Morgan fingerprint density at radius 2 is 2.00 bits per heavy atom. The zero-order valence-corrected chi connectivity index (χ0v) is 12.9. The summed E-state index contributed by atoms with van der Waals surface area (Å²) >= 11 is 0. The predicted octanol–water partition coefficient (Wildman–Crippen LogP) is 2.89. The van der Waals surface area contributed by atoms with Crippen LogP contribution in [0.25, 0.3) is 0 Å². The van der Waals surface area contributed by atoms with E-state index in [1.165, 1.54) is 12.1 Å². The normalized spacial score (nSPS) is 11.1. The third-order valence-corrected chi connectivity index (χ3v) is 2.55. The number of ether oxygens (including phenoxy) is 2. The summed E-state index contributed by atoms with van der Waals surface area (Å²) in [6.07, 6.45) is 0.371. The number of benzene rings is 1. The molecular weight excluding hydrogens is 271 g/mol. The second-order valence-corrected chi connectivity index (χ2v) is 5.59. The molecule has 0 unspecified atom stereocenters. The lowest BCUT2D eigenvalue weighted by molar-refractivity contribution is -0.0377. The van der Waals surface area contributed by atoms with Crippen molar-refractivity contribution in [1.82, 2.24) is 0 Å². The van der Waals surface area contributed by atoms with E-state index in [2.05, 4.69) is 11.8 Å². The van der Waals surface area contributed by atoms with E-state index in [1.54, 1.807) is 6.07 Å². The van der Waals surface area contributed by atoms with Gasteiger partial charge < -0.3 is 14.6 Å². The van der Waals surface area contributed by atoms with Crippen molar-refractivity contribution in [2.45, 2.75) is 39.4 Å². The summed E-state index contributed by atoms with van der Waals surface area (Å²) in [5.74, 6) is 5.32. The van der Waals surface area contributed by atoms with Gasteiger partial charge in [0, 0.05) is 12.0 Å². The van der Waals surface area contributed by atoms with Gasteiger partial charge in [-0.1, -0.05) is 17.9 Å². The largest absolute Gasteiger partial charge is 0.395 e. The Kier molecular flexibility index (Phi) is 7.38. The monoisotopic (exact) mass is 294 g/mol. The first-order chi connectivity index (χ1) is 9.92. The Balaban J connectivity index is 2.53. The molecule has 0 amide bonds. The number of hydrogen-bond donors (Lipinski definition) is 1. The minimum absolute atomic E-state index is 0.00170. The first-order valence-corrected chi connectivity index (χ1v) is 7.02. The number of halogens is 1. The third kappa shape index (κ3) is 7.81. The van der Waals surface area contributed by atoms with Crippen LogP contribution < -0.4 is 0 Å². The summed E-state index contributed by atoms with van der Waals surface area (Å²) in [6.45, 7) is 7.30. The second kappa shape index (κ2) is 8.78. The molecule has 0 radical (unpaired) electrons. The van der Waals surface area contributed by atoms with Crippen LogP contribution >= 0.6 is 0 Å². The van der Waals surface area contributed by atoms with Crippen LogP contribution in [-0.4, -0.2) is 30.5 Å². The minimum atomic E-state index is -0.330. The average Bonchev–Trinajstić information content (AvgIpc) is 2.39. The zero-order chi connectivity index (χ0) is 15.7. The molecule has 1 aromatic rings. The summed E-state index contributed by atoms with van der Waals surface area (Å²) in [6, 6.07) is 4.44. The van der Waals surface area contributed by atoms with Gasteiger partial charge in [-0.25, -0.2) is 4.39 Å². The summed E-state index contributed by atoms with van der Waals surface area (Å²) in [5, 5.41) is 8.72. The Hall–Kier alpha value is -1.41. The molecule has 4 heteroatoms. The topological polar surface area (TPSA) is 38.7 Å². The van der Waals surface area contributed by atoms with E-state index in [9.17, 15) is 4.39 Å². The number of aliphatic hydroxyl groups excluding tert-OH is 1. The molecule has 0 saturated heterocycles. The predicted molar refractivity (Wildman–Crippen MR) is 80.3 cm³/mol. The van der Waals surface area contributed by atoms with Crippen molar-refractivity contribution >= 4 is 0 Å². The highest BCUT2D eigenvalue weighted by atomic mass is 19.1. The molecule has 116 valence electrons. The van der Waals surface area contributed by atoms with Crippen molar-refractivity contribution in [3.05, 3.63) is 35.1 Å². The van der Waals surface area contributed by atoms with Gasteiger partial charge in [-0.2, -0.15) is 0 Å². The van der Waals surface area contributed by atoms with Crippen LogP contribution in [0.2, 0.25) is 0 Å². The second-order valence-electron chi connectivity index (χ2n) is 5.59. The molecule has 3 nitrogen and oxygen atoms in total. The molecule has 0 atom stereocenters. The fraction of sp³-hybridized carbons (Fsp3) is 0.529. The summed E-state index contributed by atoms with van der Waals surface area (Å²) < 4.78 is 24.3. The lowest BCUT2D eigenvalue weighted by atomic mass is 10.1. The highest BCUT2D eigenvalue weighted by Crippen LogP contribution is 2.12. The molecule has 0 saturated carbocycles. The first-order valence-electron chi connectivity index (χ1n) is 7.02. The van der Waals surface area contributed by atoms with Crippen LogP contribution in [0.3, 0.4) is 0 Å². The van der Waals surface area contributed by atoms with Crippen LogP contribution in [0, 0.1) is 17.7 Å². The van der Waals surface area contributed by atoms with Gasteiger partial charge in [0.25, 0.3) is 0 Å². The summed E-state index contributed by atoms with van der Waals surface area (Å²) in [7, 11) is 0. The fourth-order valence-electron chi connectivity index (χ4n) is 1.59. The number of rotatable bonds is 6. The van der Waals surface area contributed by atoms with Crippen molar-refractivity contribution < 1.29 is 19.0 Å². The number of hydrogen-bond acceptors (Lipinski definition) is 3. The van der Waals surface area contributed by atoms with Crippen LogP contribution in [0.4, 0.5) is 4.39 Å².